The molecule has 1 saturated carbocycles. The Balaban J connectivity index is 1.57. The highest BCUT2D eigenvalue weighted by Gasteiger charge is 2.52. The second-order valence-electron chi connectivity index (χ2n) is 8.11. The Morgan fingerprint density at radius 1 is 1.10 bits per heavy atom. The number of hydrogen-bond acceptors (Lipinski definition) is 4. The van der Waals surface area contributed by atoms with Crippen molar-refractivity contribution in [2.24, 2.45) is 5.41 Å². The van der Waals surface area contributed by atoms with E-state index in [1.54, 1.807) is 24.5 Å². The van der Waals surface area contributed by atoms with E-state index in [1.807, 2.05) is 41.1 Å². The summed E-state index contributed by atoms with van der Waals surface area (Å²) in [5.74, 6) is 0.917. The van der Waals surface area contributed by atoms with Crippen LogP contribution in [0.3, 0.4) is 0 Å². The zero-order valence-corrected chi connectivity index (χ0v) is 16.8. The summed E-state index contributed by atoms with van der Waals surface area (Å²) in [5, 5.41) is 0. The molecule has 152 valence electrons. The number of carbonyl (C=O) groups excluding carboxylic acids is 2. The SMILES string of the molecule is CN1CCCCN(C(=O)c2ccncc2)Cc2cccc(c2)OCC2(CC2)C1=O. The van der Waals surface area contributed by atoms with Crippen molar-refractivity contribution in [1.29, 1.82) is 0 Å². The molecule has 1 fully saturated rings. The maximum absolute atomic E-state index is 13.0. The van der Waals surface area contributed by atoms with Crippen molar-refractivity contribution in [3.8, 4) is 5.75 Å². The monoisotopic (exact) mass is 393 g/mol. The fourth-order valence-electron chi connectivity index (χ4n) is 3.83. The molecule has 0 atom stereocenters. The largest absolute Gasteiger partial charge is 0.492 e. The van der Waals surface area contributed by atoms with Gasteiger partial charge in [0.1, 0.15) is 12.4 Å². The molecule has 0 saturated heterocycles. The molecule has 29 heavy (non-hydrogen) atoms. The van der Waals surface area contributed by atoms with Gasteiger partial charge in [-0.3, -0.25) is 14.6 Å². The van der Waals surface area contributed by atoms with Gasteiger partial charge in [0.2, 0.25) is 5.91 Å². The smallest absolute Gasteiger partial charge is 0.254 e. The fourth-order valence-corrected chi connectivity index (χ4v) is 3.83. The van der Waals surface area contributed by atoms with E-state index in [9.17, 15) is 9.59 Å². The van der Waals surface area contributed by atoms with Gasteiger partial charge in [0.05, 0.1) is 5.41 Å². The summed E-state index contributed by atoms with van der Waals surface area (Å²) in [6.45, 7) is 2.28. The molecular weight excluding hydrogens is 366 g/mol. The normalized spacial score (nSPS) is 19.4. The van der Waals surface area contributed by atoms with Crippen LogP contribution in [0.5, 0.6) is 5.75 Å². The molecule has 2 aliphatic rings. The number of nitrogens with zero attached hydrogens (tertiary/aromatic N) is 3. The standard InChI is InChI=1S/C23H27N3O3/c1-25-13-2-3-14-26(21(27)19-7-11-24-12-8-19)16-18-5-4-6-20(15-18)29-17-23(9-10-23)22(25)28/h4-8,11-12,15H,2-3,9-10,13-14,16-17H2,1H3. The van der Waals surface area contributed by atoms with E-state index >= 15 is 0 Å². The number of pyridine rings is 1. The minimum Gasteiger partial charge on any atom is -0.492 e. The Bertz CT molecular complexity index is 880. The van der Waals surface area contributed by atoms with Gasteiger partial charge in [-0.15, -0.1) is 0 Å². The lowest BCUT2D eigenvalue weighted by atomic mass is 10.1. The van der Waals surface area contributed by atoms with Crippen molar-refractivity contribution in [2.45, 2.75) is 32.2 Å². The lowest BCUT2D eigenvalue weighted by molar-refractivity contribution is -0.136. The van der Waals surface area contributed by atoms with Crippen molar-refractivity contribution in [3.05, 3.63) is 59.9 Å². The van der Waals surface area contributed by atoms with Gasteiger partial charge >= 0.3 is 0 Å². The van der Waals surface area contributed by atoms with Gasteiger partial charge in [-0.1, -0.05) is 12.1 Å². The third-order valence-electron chi connectivity index (χ3n) is 5.83. The second-order valence-corrected chi connectivity index (χ2v) is 8.11. The summed E-state index contributed by atoms with van der Waals surface area (Å²) in [7, 11) is 1.87. The molecule has 2 amide bonds. The maximum Gasteiger partial charge on any atom is 0.254 e. The van der Waals surface area contributed by atoms with E-state index < -0.39 is 0 Å². The summed E-state index contributed by atoms with van der Waals surface area (Å²) < 4.78 is 6.01. The first-order valence-corrected chi connectivity index (χ1v) is 10.2. The highest BCUT2D eigenvalue weighted by Crippen LogP contribution is 2.47. The molecule has 2 heterocycles. The number of ether oxygens (including phenoxy) is 1. The zero-order chi connectivity index (χ0) is 20.3. The molecule has 6 nitrogen and oxygen atoms in total. The number of hydrogen-bond donors (Lipinski definition) is 0. The van der Waals surface area contributed by atoms with Crippen molar-refractivity contribution in [2.75, 3.05) is 26.7 Å². The molecule has 0 unspecified atom stereocenters. The number of carbonyl (C=O) groups is 2. The van der Waals surface area contributed by atoms with Gasteiger partial charge in [-0.05, 0) is 55.5 Å². The van der Waals surface area contributed by atoms with Crippen molar-refractivity contribution in [3.63, 3.8) is 0 Å². The first-order chi connectivity index (χ1) is 14.1. The number of rotatable bonds is 1. The minimum absolute atomic E-state index is 0.00724. The van der Waals surface area contributed by atoms with E-state index in [0.717, 1.165) is 37.0 Å². The lowest BCUT2D eigenvalue weighted by Gasteiger charge is -2.27. The van der Waals surface area contributed by atoms with Gasteiger partial charge in [0.25, 0.3) is 5.91 Å². The van der Waals surface area contributed by atoms with Crippen LogP contribution in [0.15, 0.2) is 48.8 Å². The van der Waals surface area contributed by atoms with Crippen LogP contribution in [-0.2, 0) is 11.3 Å². The molecule has 1 aromatic heterocycles. The molecule has 4 rings (SSSR count). The molecule has 2 bridgehead atoms. The first kappa shape index (κ1) is 19.4. The molecule has 2 aromatic rings. The second kappa shape index (κ2) is 8.23. The Morgan fingerprint density at radius 3 is 2.62 bits per heavy atom. The van der Waals surface area contributed by atoms with Crippen LogP contribution >= 0.6 is 0 Å². The van der Waals surface area contributed by atoms with Gasteiger partial charge in [-0.25, -0.2) is 0 Å². The number of benzene rings is 1. The molecule has 1 aromatic carbocycles. The third kappa shape index (κ3) is 4.42. The minimum atomic E-state index is -0.349. The number of aromatic nitrogens is 1. The van der Waals surface area contributed by atoms with Gasteiger partial charge in [-0.2, -0.15) is 0 Å². The molecule has 0 radical (unpaired) electrons. The predicted octanol–water partition coefficient (Wildman–Crippen LogP) is 3.14. The van der Waals surface area contributed by atoms with Crippen LogP contribution in [0.4, 0.5) is 0 Å². The highest BCUT2D eigenvalue weighted by atomic mass is 16.5. The summed E-state index contributed by atoms with van der Waals surface area (Å²) in [6.07, 6.45) is 6.77. The van der Waals surface area contributed by atoms with Crippen molar-refractivity contribution >= 4 is 11.8 Å². The highest BCUT2D eigenvalue weighted by molar-refractivity contribution is 5.94. The van der Waals surface area contributed by atoms with Crippen LogP contribution in [-0.4, -0.2) is 53.3 Å². The molecular formula is C23H27N3O3. The predicted molar refractivity (Wildman–Crippen MR) is 109 cm³/mol. The Morgan fingerprint density at radius 2 is 1.86 bits per heavy atom. The Labute approximate surface area is 171 Å². The molecule has 6 heteroatoms. The molecule has 1 aliphatic heterocycles. The summed E-state index contributed by atoms with van der Waals surface area (Å²) in [5.41, 5.74) is 1.31. The quantitative estimate of drug-likeness (QED) is 0.747. The number of fused-ring (bicyclic) bond motifs is 2. The topological polar surface area (TPSA) is 62.7 Å². The Hall–Kier alpha value is -2.89. The van der Waals surface area contributed by atoms with Gasteiger partial charge < -0.3 is 14.5 Å². The Kier molecular flexibility index (Phi) is 5.51. The molecule has 1 spiro atoms. The average molecular weight is 393 g/mol. The summed E-state index contributed by atoms with van der Waals surface area (Å²) in [6, 6.07) is 11.3. The van der Waals surface area contributed by atoms with Crippen molar-refractivity contribution < 1.29 is 14.3 Å². The van der Waals surface area contributed by atoms with E-state index in [1.165, 1.54) is 0 Å². The summed E-state index contributed by atoms with van der Waals surface area (Å²) >= 11 is 0. The summed E-state index contributed by atoms with van der Waals surface area (Å²) in [4.78, 5) is 33.6. The van der Waals surface area contributed by atoms with Crippen LogP contribution in [0.2, 0.25) is 0 Å². The van der Waals surface area contributed by atoms with Crippen molar-refractivity contribution in [1.82, 2.24) is 14.8 Å². The maximum atomic E-state index is 13.0. The van der Waals surface area contributed by atoms with Gasteiger partial charge in [0, 0.05) is 44.6 Å². The van der Waals surface area contributed by atoms with E-state index in [-0.39, 0.29) is 17.2 Å². The van der Waals surface area contributed by atoms with Crippen LogP contribution < -0.4 is 4.74 Å². The van der Waals surface area contributed by atoms with Crippen LogP contribution in [0, 0.1) is 5.41 Å². The first-order valence-electron chi connectivity index (χ1n) is 10.2. The average Bonchev–Trinajstić information content (AvgIpc) is 3.55. The van der Waals surface area contributed by atoms with E-state index in [2.05, 4.69) is 4.98 Å². The molecule has 1 aliphatic carbocycles. The van der Waals surface area contributed by atoms with Crippen LogP contribution in [0.1, 0.15) is 41.6 Å². The third-order valence-corrected chi connectivity index (χ3v) is 5.83. The zero-order valence-electron chi connectivity index (χ0n) is 16.8. The lowest BCUT2D eigenvalue weighted by Crippen LogP contribution is -2.38. The fraction of sp³-hybridized carbons (Fsp3) is 0.435. The van der Waals surface area contributed by atoms with E-state index in [0.29, 0.717) is 31.8 Å². The van der Waals surface area contributed by atoms with E-state index in [4.69, 9.17) is 4.74 Å². The molecule has 0 N–H and O–H groups in total. The van der Waals surface area contributed by atoms with Gasteiger partial charge in [0.15, 0.2) is 0 Å². The van der Waals surface area contributed by atoms with Crippen LogP contribution in [0.25, 0.3) is 0 Å². The number of amides is 2.